The Labute approximate surface area is 123 Å². The molecule has 0 spiro atoms. The molecular formula is C15H19N5O. The molecular weight excluding hydrogens is 266 g/mol. The van der Waals surface area contributed by atoms with Gasteiger partial charge in [-0.05, 0) is 24.8 Å². The largest absolute Gasteiger partial charge is 0.379 e. The highest BCUT2D eigenvalue weighted by Crippen LogP contribution is 2.30. The summed E-state index contributed by atoms with van der Waals surface area (Å²) in [5.41, 5.74) is 1.19. The lowest BCUT2D eigenvalue weighted by Gasteiger charge is -2.34. The predicted octanol–water partition coefficient (Wildman–Crippen LogP) is 1.66. The second-order valence-electron chi connectivity index (χ2n) is 5.86. The molecule has 3 heterocycles. The highest BCUT2D eigenvalue weighted by atomic mass is 16.5. The van der Waals surface area contributed by atoms with Crippen LogP contribution in [0.1, 0.15) is 24.6 Å². The summed E-state index contributed by atoms with van der Waals surface area (Å²) >= 11 is 0. The lowest BCUT2D eigenvalue weighted by Crippen LogP contribution is -2.39. The molecule has 2 aromatic rings. The van der Waals surface area contributed by atoms with Crippen molar-refractivity contribution in [1.29, 1.82) is 0 Å². The molecule has 2 aromatic heterocycles. The van der Waals surface area contributed by atoms with Gasteiger partial charge in [0, 0.05) is 31.7 Å². The van der Waals surface area contributed by atoms with E-state index in [9.17, 15) is 0 Å². The van der Waals surface area contributed by atoms with Crippen LogP contribution in [0.5, 0.6) is 0 Å². The van der Waals surface area contributed by atoms with E-state index in [-0.39, 0.29) is 6.04 Å². The molecule has 4 rings (SSSR count). The summed E-state index contributed by atoms with van der Waals surface area (Å²) in [7, 11) is 0. The molecule has 110 valence electrons. The van der Waals surface area contributed by atoms with Gasteiger partial charge in [-0.1, -0.05) is 0 Å². The van der Waals surface area contributed by atoms with E-state index in [4.69, 9.17) is 4.74 Å². The van der Waals surface area contributed by atoms with Gasteiger partial charge in [0.1, 0.15) is 0 Å². The van der Waals surface area contributed by atoms with Crippen molar-refractivity contribution < 1.29 is 4.74 Å². The molecule has 6 heteroatoms. The summed E-state index contributed by atoms with van der Waals surface area (Å²) in [4.78, 5) is 15.2. The Bertz CT molecular complexity index is 595. The van der Waals surface area contributed by atoms with E-state index in [0.717, 1.165) is 38.2 Å². The molecule has 0 amide bonds. The molecule has 21 heavy (non-hydrogen) atoms. The average Bonchev–Trinajstić information content (AvgIpc) is 3.22. The van der Waals surface area contributed by atoms with Gasteiger partial charge in [-0.15, -0.1) is 0 Å². The summed E-state index contributed by atoms with van der Waals surface area (Å²) in [6.07, 6.45) is 10.0. The molecule has 0 aromatic carbocycles. The monoisotopic (exact) mass is 285 g/mol. The van der Waals surface area contributed by atoms with E-state index in [1.807, 2.05) is 18.6 Å². The van der Waals surface area contributed by atoms with Gasteiger partial charge in [0.2, 0.25) is 5.95 Å². The predicted molar refractivity (Wildman–Crippen MR) is 77.9 cm³/mol. The number of fused-ring (bicyclic) bond motifs is 1. The molecule has 0 unspecified atom stereocenters. The number of anilines is 1. The highest BCUT2D eigenvalue weighted by molar-refractivity contribution is 5.32. The van der Waals surface area contributed by atoms with Gasteiger partial charge in [-0.25, -0.2) is 15.0 Å². The Morgan fingerprint density at radius 2 is 2.05 bits per heavy atom. The van der Waals surface area contributed by atoms with Crippen molar-refractivity contribution in [3.63, 3.8) is 0 Å². The van der Waals surface area contributed by atoms with Crippen LogP contribution in [0.15, 0.2) is 31.0 Å². The van der Waals surface area contributed by atoms with E-state index in [2.05, 4.69) is 24.4 Å². The summed E-state index contributed by atoms with van der Waals surface area (Å²) in [5.74, 6) is 1.57. The summed E-state index contributed by atoms with van der Waals surface area (Å²) < 4.78 is 8.12. The SMILES string of the molecule is c1cnc(N2Cc3cncn3[C@H](COCC3CC3)C2)nc1. The van der Waals surface area contributed by atoms with Crippen LogP contribution in [-0.2, 0) is 11.3 Å². The Balaban J connectivity index is 1.49. The van der Waals surface area contributed by atoms with Crippen LogP contribution in [0.2, 0.25) is 0 Å². The quantitative estimate of drug-likeness (QED) is 0.836. The average molecular weight is 285 g/mol. The molecule has 1 saturated carbocycles. The molecule has 1 aliphatic heterocycles. The number of imidazole rings is 1. The van der Waals surface area contributed by atoms with Crippen LogP contribution in [0.3, 0.4) is 0 Å². The topological polar surface area (TPSA) is 56.1 Å². The highest BCUT2D eigenvalue weighted by Gasteiger charge is 2.27. The van der Waals surface area contributed by atoms with E-state index < -0.39 is 0 Å². The zero-order valence-electron chi connectivity index (χ0n) is 11.9. The van der Waals surface area contributed by atoms with E-state index >= 15 is 0 Å². The molecule has 2 aliphatic rings. The fourth-order valence-electron chi connectivity index (χ4n) is 2.78. The number of aromatic nitrogens is 4. The van der Waals surface area contributed by atoms with Gasteiger partial charge in [-0.2, -0.15) is 0 Å². The zero-order valence-corrected chi connectivity index (χ0v) is 11.9. The Morgan fingerprint density at radius 3 is 2.86 bits per heavy atom. The summed E-state index contributed by atoms with van der Waals surface area (Å²) in [5, 5.41) is 0. The minimum Gasteiger partial charge on any atom is -0.379 e. The minimum atomic E-state index is 0.277. The maximum atomic E-state index is 5.89. The first kappa shape index (κ1) is 12.8. The Hall–Kier alpha value is -1.95. The molecule has 6 nitrogen and oxygen atoms in total. The third-order valence-corrected chi connectivity index (χ3v) is 4.12. The van der Waals surface area contributed by atoms with Crippen molar-refractivity contribution in [2.45, 2.75) is 25.4 Å². The van der Waals surface area contributed by atoms with Crippen molar-refractivity contribution in [1.82, 2.24) is 19.5 Å². The first-order valence-electron chi connectivity index (χ1n) is 7.50. The molecule has 0 saturated heterocycles. The van der Waals surface area contributed by atoms with E-state index in [0.29, 0.717) is 0 Å². The third kappa shape index (κ3) is 2.76. The van der Waals surface area contributed by atoms with Gasteiger partial charge in [0.15, 0.2) is 0 Å². The molecule has 1 aliphatic carbocycles. The number of hydrogen-bond donors (Lipinski definition) is 0. The van der Waals surface area contributed by atoms with Crippen molar-refractivity contribution in [2.24, 2.45) is 5.92 Å². The standard InChI is InChI=1S/C15H19N5O/c1-4-17-15(18-5-1)19-7-13-6-16-11-20(13)14(8-19)10-21-9-12-2-3-12/h1,4-6,11-12,14H,2-3,7-10H2/t14-/m0/s1. The van der Waals surface area contributed by atoms with Crippen LogP contribution in [0.4, 0.5) is 5.95 Å². The zero-order chi connectivity index (χ0) is 14.1. The maximum absolute atomic E-state index is 5.89. The fraction of sp³-hybridized carbons (Fsp3) is 0.533. The number of nitrogens with zero attached hydrogens (tertiary/aromatic N) is 5. The molecule has 1 fully saturated rings. The molecule has 0 bridgehead atoms. The molecule has 0 N–H and O–H groups in total. The third-order valence-electron chi connectivity index (χ3n) is 4.12. The van der Waals surface area contributed by atoms with Crippen LogP contribution in [-0.4, -0.2) is 39.3 Å². The van der Waals surface area contributed by atoms with Gasteiger partial charge in [0.25, 0.3) is 0 Å². The van der Waals surface area contributed by atoms with Crippen molar-refractivity contribution in [3.8, 4) is 0 Å². The smallest absolute Gasteiger partial charge is 0.225 e. The normalized spacial score (nSPS) is 21.3. The number of hydrogen-bond acceptors (Lipinski definition) is 5. The van der Waals surface area contributed by atoms with Crippen LogP contribution >= 0.6 is 0 Å². The van der Waals surface area contributed by atoms with Crippen LogP contribution in [0, 0.1) is 5.92 Å². The lowest BCUT2D eigenvalue weighted by molar-refractivity contribution is 0.0919. The maximum Gasteiger partial charge on any atom is 0.225 e. The second-order valence-corrected chi connectivity index (χ2v) is 5.86. The number of rotatable bonds is 5. The van der Waals surface area contributed by atoms with Crippen LogP contribution < -0.4 is 4.90 Å². The van der Waals surface area contributed by atoms with Gasteiger partial charge in [-0.3, -0.25) is 0 Å². The summed E-state index contributed by atoms with van der Waals surface area (Å²) in [6, 6.07) is 2.12. The van der Waals surface area contributed by atoms with Gasteiger partial charge < -0.3 is 14.2 Å². The van der Waals surface area contributed by atoms with Crippen molar-refractivity contribution in [2.75, 3.05) is 24.7 Å². The lowest BCUT2D eigenvalue weighted by atomic mass is 10.2. The van der Waals surface area contributed by atoms with Crippen LogP contribution in [0.25, 0.3) is 0 Å². The summed E-state index contributed by atoms with van der Waals surface area (Å²) in [6.45, 7) is 3.27. The second kappa shape index (κ2) is 5.44. The van der Waals surface area contributed by atoms with Gasteiger partial charge in [0.05, 0.1) is 31.2 Å². The molecule has 0 radical (unpaired) electrons. The van der Waals surface area contributed by atoms with E-state index in [1.54, 1.807) is 12.4 Å². The van der Waals surface area contributed by atoms with Crippen molar-refractivity contribution in [3.05, 3.63) is 36.7 Å². The first-order chi connectivity index (χ1) is 10.4. The van der Waals surface area contributed by atoms with E-state index in [1.165, 1.54) is 18.5 Å². The Morgan fingerprint density at radius 1 is 1.19 bits per heavy atom. The fourth-order valence-corrected chi connectivity index (χ4v) is 2.78. The van der Waals surface area contributed by atoms with Crippen molar-refractivity contribution >= 4 is 5.95 Å². The van der Waals surface area contributed by atoms with Gasteiger partial charge >= 0.3 is 0 Å². The number of ether oxygens (including phenoxy) is 1. The molecule has 1 atom stereocenters. The Kier molecular flexibility index (Phi) is 3.31. The first-order valence-corrected chi connectivity index (χ1v) is 7.50. The minimum absolute atomic E-state index is 0.277.